The number of halogens is 1. The maximum Gasteiger partial charge on any atom is 0.274 e. The third-order valence-corrected chi connectivity index (χ3v) is 5.01. The Labute approximate surface area is 147 Å². The third-order valence-electron chi connectivity index (χ3n) is 3.98. The van der Waals surface area contributed by atoms with Crippen molar-refractivity contribution in [2.45, 2.75) is 9.92 Å². The highest BCUT2D eigenvalue weighted by Gasteiger charge is 2.14. The minimum absolute atomic E-state index is 0.0691. The lowest BCUT2D eigenvalue weighted by Crippen LogP contribution is -2.16. The standard InChI is InChI=1S/C19H14FN3OS/c1-23-11-16(14-8-10-21-17(14)19(23)24)15-3-2-9-22-18(15)25-13-6-4-12(20)5-7-13/h2-11,21H,1H3. The van der Waals surface area contributed by atoms with Gasteiger partial charge in [0.2, 0.25) is 0 Å². The number of pyridine rings is 2. The molecule has 6 heteroatoms. The zero-order valence-electron chi connectivity index (χ0n) is 13.4. The second-order valence-electron chi connectivity index (χ2n) is 5.64. The van der Waals surface area contributed by atoms with Crippen LogP contribution in [0.3, 0.4) is 0 Å². The number of H-pyrrole nitrogens is 1. The Kier molecular flexibility index (Phi) is 3.89. The lowest BCUT2D eigenvalue weighted by molar-refractivity contribution is 0.626. The van der Waals surface area contributed by atoms with E-state index >= 15 is 0 Å². The highest BCUT2D eigenvalue weighted by molar-refractivity contribution is 7.99. The Morgan fingerprint density at radius 3 is 2.72 bits per heavy atom. The summed E-state index contributed by atoms with van der Waals surface area (Å²) in [5, 5.41) is 1.66. The summed E-state index contributed by atoms with van der Waals surface area (Å²) in [4.78, 5) is 20.7. The van der Waals surface area contributed by atoms with Gasteiger partial charge in [-0.1, -0.05) is 17.8 Å². The molecular formula is C19H14FN3OS. The molecule has 0 aliphatic heterocycles. The summed E-state index contributed by atoms with van der Waals surface area (Å²) in [6.45, 7) is 0. The van der Waals surface area contributed by atoms with Crippen LogP contribution in [0.5, 0.6) is 0 Å². The molecule has 0 spiro atoms. The van der Waals surface area contributed by atoms with Gasteiger partial charge in [-0.15, -0.1) is 0 Å². The first kappa shape index (κ1) is 15.7. The molecule has 0 unspecified atom stereocenters. The van der Waals surface area contributed by atoms with Crippen molar-refractivity contribution in [2.24, 2.45) is 7.05 Å². The minimum atomic E-state index is -0.266. The van der Waals surface area contributed by atoms with Crippen LogP contribution < -0.4 is 5.56 Å². The summed E-state index contributed by atoms with van der Waals surface area (Å²) in [5.74, 6) is -0.266. The lowest BCUT2D eigenvalue weighted by Gasteiger charge is -2.11. The van der Waals surface area contributed by atoms with E-state index < -0.39 is 0 Å². The quantitative estimate of drug-likeness (QED) is 0.601. The molecule has 4 rings (SSSR count). The van der Waals surface area contributed by atoms with Gasteiger partial charge in [0, 0.05) is 47.0 Å². The van der Waals surface area contributed by atoms with Crippen molar-refractivity contribution in [2.75, 3.05) is 0 Å². The Morgan fingerprint density at radius 1 is 1.12 bits per heavy atom. The molecular weight excluding hydrogens is 337 g/mol. The predicted octanol–water partition coefficient (Wildman–Crippen LogP) is 4.22. The number of hydrogen-bond acceptors (Lipinski definition) is 3. The monoisotopic (exact) mass is 351 g/mol. The smallest absolute Gasteiger partial charge is 0.274 e. The van der Waals surface area contributed by atoms with Crippen molar-refractivity contribution in [3.05, 3.63) is 77.2 Å². The van der Waals surface area contributed by atoms with E-state index in [1.165, 1.54) is 23.9 Å². The zero-order valence-corrected chi connectivity index (χ0v) is 14.2. The molecule has 0 bridgehead atoms. The van der Waals surface area contributed by atoms with E-state index in [0.717, 1.165) is 26.4 Å². The molecule has 3 heterocycles. The zero-order chi connectivity index (χ0) is 17.4. The van der Waals surface area contributed by atoms with E-state index in [1.54, 1.807) is 36.1 Å². The Morgan fingerprint density at radius 2 is 1.92 bits per heavy atom. The van der Waals surface area contributed by atoms with Crippen LogP contribution in [0.2, 0.25) is 0 Å². The molecule has 0 amide bonds. The summed E-state index contributed by atoms with van der Waals surface area (Å²) in [6.07, 6.45) is 5.31. The molecule has 25 heavy (non-hydrogen) atoms. The van der Waals surface area contributed by atoms with Gasteiger partial charge < -0.3 is 9.55 Å². The molecule has 4 aromatic rings. The maximum atomic E-state index is 13.1. The van der Waals surface area contributed by atoms with Crippen LogP contribution in [-0.2, 0) is 7.05 Å². The van der Waals surface area contributed by atoms with E-state index in [1.807, 2.05) is 24.4 Å². The normalized spacial score (nSPS) is 11.1. The van der Waals surface area contributed by atoms with Gasteiger partial charge in [-0.25, -0.2) is 9.37 Å². The summed E-state index contributed by atoms with van der Waals surface area (Å²) in [5.41, 5.74) is 2.36. The molecule has 0 aliphatic carbocycles. The maximum absolute atomic E-state index is 13.1. The van der Waals surface area contributed by atoms with Crippen LogP contribution in [0.4, 0.5) is 4.39 Å². The van der Waals surface area contributed by atoms with E-state index in [-0.39, 0.29) is 11.4 Å². The molecule has 0 fully saturated rings. The van der Waals surface area contributed by atoms with Crippen molar-refractivity contribution in [1.82, 2.24) is 14.5 Å². The van der Waals surface area contributed by atoms with Crippen LogP contribution in [0.15, 0.2) is 75.8 Å². The number of aryl methyl sites for hydroxylation is 1. The van der Waals surface area contributed by atoms with E-state index in [2.05, 4.69) is 9.97 Å². The second kappa shape index (κ2) is 6.22. The number of nitrogens with one attached hydrogen (secondary N) is 1. The number of benzene rings is 1. The topological polar surface area (TPSA) is 50.7 Å². The van der Waals surface area contributed by atoms with Gasteiger partial charge in [0.25, 0.3) is 5.56 Å². The van der Waals surface area contributed by atoms with Crippen LogP contribution in [-0.4, -0.2) is 14.5 Å². The second-order valence-corrected chi connectivity index (χ2v) is 6.70. The van der Waals surface area contributed by atoms with Crippen LogP contribution in [0.25, 0.3) is 22.0 Å². The largest absolute Gasteiger partial charge is 0.357 e. The molecule has 0 saturated carbocycles. The summed E-state index contributed by atoms with van der Waals surface area (Å²) >= 11 is 1.46. The van der Waals surface area contributed by atoms with Gasteiger partial charge in [0.1, 0.15) is 16.4 Å². The average molecular weight is 351 g/mol. The van der Waals surface area contributed by atoms with Gasteiger partial charge in [-0.3, -0.25) is 4.79 Å². The van der Waals surface area contributed by atoms with Crippen LogP contribution >= 0.6 is 11.8 Å². The van der Waals surface area contributed by atoms with E-state index in [4.69, 9.17) is 0 Å². The molecule has 0 aliphatic rings. The van der Waals surface area contributed by atoms with Crippen molar-refractivity contribution >= 4 is 22.7 Å². The fourth-order valence-electron chi connectivity index (χ4n) is 2.78. The Bertz CT molecular complexity index is 1120. The van der Waals surface area contributed by atoms with E-state index in [9.17, 15) is 9.18 Å². The molecule has 4 nitrogen and oxygen atoms in total. The van der Waals surface area contributed by atoms with Gasteiger partial charge in [-0.2, -0.15) is 0 Å². The molecule has 0 atom stereocenters. The highest BCUT2D eigenvalue weighted by Crippen LogP contribution is 2.36. The first-order chi connectivity index (χ1) is 12.1. The minimum Gasteiger partial charge on any atom is -0.357 e. The highest BCUT2D eigenvalue weighted by atomic mass is 32.2. The van der Waals surface area contributed by atoms with Crippen molar-refractivity contribution in [3.8, 4) is 11.1 Å². The molecule has 1 aromatic carbocycles. The van der Waals surface area contributed by atoms with Gasteiger partial charge in [0.05, 0.1) is 0 Å². The fourth-order valence-corrected chi connectivity index (χ4v) is 3.67. The third kappa shape index (κ3) is 2.85. The molecule has 124 valence electrons. The molecule has 0 saturated heterocycles. The number of rotatable bonds is 3. The average Bonchev–Trinajstić information content (AvgIpc) is 3.11. The van der Waals surface area contributed by atoms with Gasteiger partial charge in [0.15, 0.2) is 0 Å². The first-order valence-electron chi connectivity index (χ1n) is 7.69. The van der Waals surface area contributed by atoms with Crippen molar-refractivity contribution in [3.63, 3.8) is 0 Å². The van der Waals surface area contributed by atoms with E-state index in [0.29, 0.717) is 5.52 Å². The Balaban J connectivity index is 1.87. The molecule has 0 radical (unpaired) electrons. The molecule has 1 N–H and O–H groups in total. The first-order valence-corrected chi connectivity index (χ1v) is 8.50. The Hall–Kier alpha value is -2.86. The number of hydrogen-bond donors (Lipinski definition) is 1. The number of nitrogens with zero attached hydrogens (tertiary/aromatic N) is 2. The summed E-state index contributed by atoms with van der Waals surface area (Å²) in [6, 6.07) is 12.1. The van der Waals surface area contributed by atoms with Gasteiger partial charge in [-0.05, 0) is 36.4 Å². The SMILES string of the molecule is Cn1cc(-c2cccnc2Sc2ccc(F)cc2)c2cc[nH]c2c1=O. The number of aromatic amines is 1. The summed E-state index contributed by atoms with van der Waals surface area (Å²) in [7, 11) is 1.73. The predicted molar refractivity (Wildman–Crippen MR) is 97.3 cm³/mol. The fraction of sp³-hybridized carbons (Fsp3) is 0.0526. The van der Waals surface area contributed by atoms with Crippen LogP contribution in [0.1, 0.15) is 0 Å². The van der Waals surface area contributed by atoms with Gasteiger partial charge >= 0.3 is 0 Å². The number of fused-ring (bicyclic) bond motifs is 1. The number of aromatic nitrogens is 3. The lowest BCUT2D eigenvalue weighted by atomic mass is 10.1. The van der Waals surface area contributed by atoms with Crippen LogP contribution in [0, 0.1) is 5.82 Å². The summed E-state index contributed by atoms with van der Waals surface area (Å²) < 4.78 is 14.7. The molecule has 3 aromatic heterocycles. The van der Waals surface area contributed by atoms with Crippen molar-refractivity contribution in [1.29, 1.82) is 0 Å². The van der Waals surface area contributed by atoms with Crippen molar-refractivity contribution < 1.29 is 4.39 Å².